The molecule has 2 fully saturated rings. The quantitative estimate of drug-likeness (QED) is 0.858. The van der Waals surface area contributed by atoms with Crippen molar-refractivity contribution in [1.29, 1.82) is 0 Å². The summed E-state index contributed by atoms with van der Waals surface area (Å²) in [5, 5.41) is 3.27. The maximum absolute atomic E-state index is 14.3. The number of carbonyl (C=O) groups is 1. The van der Waals surface area contributed by atoms with Gasteiger partial charge in [0.05, 0.1) is 4.90 Å². The number of halogens is 2. The molecule has 1 aromatic rings. The molecule has 2 heterocycles. The summed E-state index contributed by atoms with van der Waals surface area (Å²) in [7, 11) is -3.69. The second-order valence-electron chi connectivity index (χ2n) is 7.19. The summed E-state index contributed by atoms with van der Waals surface area (Å²) in [6.07, 6.45) is 4.05. The molecule has 1 N–H and O–H groups in total. The lowest BCUT2D eigenvalue weighted by atomic mass is 9.88. The highest BCUT2D eigenvalue weighted by Gasteiger charge is 2.34. The summed E-state index contributed by atoms with van der Waals surface area (Å²) in [6, 6.07) is 1.87. The van der Waals surface area contributed by atoms with Gasteiger partial charge in [-0.3, -0.25) is 4.79 Å². The fourth-order valence-corrected chi connectivity index (χ4v) is 4.52. The molecule has 3 rings (SSSR count). The summed E-state index contributed by atoms with van der Waals surface area (Å²) in [6.45, 7) is 2.43. The van der Waals surface area contributed by atoms with Gasteiger partial charge in [-0.2, -0.15) is 0 Å². The molecule has 2 aliphatic rings. The number of rotatable bonds is 4. The molecule has 0 bridgehead atoms. The van der Waals surface area contributed by atoms with Crippen molar-refractivity contribution in [2.45, 2.75) is 43.0 Å². The first-order chi connectivity index (χ1) is 12.3. The lowest BCUT2D eigenvalue weighted by Gasteiger charge is -2.40. The minimum absolute atomic E-state index is 0.0397. The van der Waals surface area contributed by atoms with Gasteiger partial charge >= 0.3 is 0 Å². The number of hydrogen-bond acceptors (Lipinski definition) is 4. The van der Waals surface area contributed by atoms with Crippen LogP contribution < -0.4 is 5.32 Å². The van der Waals surface area contributed by atoms with E-state index < -0.39 is 27.4 Å². The van der Waals surface area contributed by atoms with Crippen molar-refractivity contribution in [3.05, 3.63) is 29.3 Å². The van der Waals surface area contributed by atoms with Gasteiger partial charge in [0.2, 0.25) is 5.91 Å². The number of nitrogens with one attached hydrogen (secondary N) is 1. The van der Waals surface area contributed by atoms with E-state index in [1.807, 2.05) is 4.90 Å². The van der Waals surface area contributed by atoms with Gasteiger partial charge < -0.3 is 10.2 Å². The molecule has 1 aromatic carbocycles. The van der Waals surface area contributed by atoms with E-state index in [9.17, 15) is 22.0 Å². The zero-order valence-corrected chi connectivity index (χ0v) is 15.6. The van der Waals surface area contributed by atoms with Crippen molar-refractivity contribution in [2.75, 3.05) is 25.9 Å². The van der Waals surface area contributed by atoms with Crippen LogP contribution in [0, 0.1) is 17.6 Å². The number of likely N-dealkylation sites (tertiary alicyclic amines) is 1. The van der Waals surface area contributed by atoms with Crippen LogP contribution in [-0.2, 0) is 21.1 Å². The van der Waals surface area contributed by atoms with E-state index in [1.54, 1.807) is 0 Å². The molecule has 0 unspecified atom stereocenters. The Morgan fingerprint density at radius 2 is 1.77 bits per heavy atom. The maximum atomic E-state index is 14.3. The van der Waals surface area contributed by atoms with Gasteiger partial charge in [-0.15, -0.1) is 0 Å². The molecule has 0 aromatic heterocycles. The number of carbonyl (C=O) groups excluding carboxylic acids is 1. The van der Waals surface area contributed by atoms with E-state index in [1.165, 1.54) is 0 Å². The molecule has 0 saturated carbocycles. The van der Waals surface area contributed by atoms with E-state index in [4.69, 9.17) is 0 Å². The summed E-state index contributed by atoms with van der Waals surface area (Å²) >= 11 is 0. The van der Waals surface area contributed by atoms with E-state index in [0.717, 1.165) is 50.7 Å². The Morgan fingerprint density at radius 3 is 2.35 bits per heavy atom. The molecule has 0 aliphatic carbocycles. The topological polar surface area (TPSA) is 66.5 Å². The first-order valence-corrected chi connectivity index (χ1v) is 10.9. The Kier molecular flexibility index (Phi) is 5.62. The smallest absolute Gasteiger partial charge is 0.226 e. The fourth-order valence-electron chi connectivity index (χ4n) is 3.88. The van der Waals surface area contributed by atoms with Gasteiger partial charge in [-0.05, 0) is 57.3 Å². The van der Waals surface area contributed by atoms with Crippen molar-refractivity contribution in [3.8, 4) is 0 Å². The molecule has 144 valence electrons. The number of sulfone groups is 1. The number of amides is 1. The third-order valence-electron chi connectivity index (χ3n) is 5.33. The van der Waals surface area contributed by atoms with Crippen LogP contribution in [0.4, 0.5) is 8.78 Å². The standard InChI is InChI=1S/C18H24F2N2O3S/c1-26(24,25)14-10-16(19)15(17(20)11-14)9-12-3-2-8-22(18(12)23)13-4-6-21-7-5-13/h10-13,21H,2-9H2,1H3/t12-/m1/s1. The zero-order chi connectivity index (χ0) is 18.9. The van der Waals surface area contributed by atoms with Crippen LogP contribution in [-0.4, -0.2) is 51.2 Å². The molecule has 1 atom stereocenters. The first-order valence-electron chi connectivity index (χ1n) is 8.96. The van der Waals surface area contributed by atoms with Crippen LogP contribution >= 0.6 is 0 Å². The number of hydrogen-bond donors (Lipinski definition) is 1. The number of benzene rings is 1. The Bertz CT molecular complexity index is 769. The summed E-state index contributed by atoms with van der Waals surface area (Å²) in [4.78, 5) is 14.3. The van der Waals surface area contributed by atoms with Crippen LogP contribution in [0.2, 0.25) is 0 Å². The second kappa shape index (κ2) is 7.60. The molecule has 0 spiro atoms. The molecular weight excluding hydrogens is 362 g/mol. The molecule has 2 aliphatic heterocycles. The van der Waals surface area contributed by atoms with Gasteiger partial charge in [0.15, 0.2) is 9.84 Å². The Morgan fingerprint density at radius 1 is 1.15 bits per heavy atom. The number of nitrogens with zero attached hydrogens (tertiary/aromatic N) is 1. The lowest BCUT2D eigenvalue weighted by molar-refractivity contribution is -0.141. The van der Waals surface area contributed by atoms with Crippen LogP contribution in [0.15, 0.2) is 17.0 Å². The second-order valence-corrected chi connectivity index (χ2v) is 9.21. The summed E-state index contributed by atoms with van der Waals surface area (Å²) < 4.78 is 51.7. The van der Waals surface area contributed by atoms with Gasteiger partial charge in [-0.25, -0.2) is 17.2 Å². The average molecular weight is 386 g/mol. The average Bonchev–Trinajstić information content (AvgIpc) is 2.59. The largest absolute Gasteiger partial charge is 0.339 e. The van der Waals surface area contributed by atoms with E-state index in [2.05, 4.69) is 5.32 Å². The molecule has 0 radical (unpaired) electrons. The minimum atomic E-state index is -3.69. The van der Waals surface area contributed by atoms with Gasteiger partial charge in [-0.1, -0.05) is 0 Å². The Balaban J connectivity index is 1.78. The van der Waals surface area contributed by atoms with Gasteiger partial charge in [0.25, 0.3) is 0 Å². The van der Waals surface area contributed by atoms with Crippen molar-refractivity contribution in [3.63, 3.8) is 0 Å². The van der Waals surface area contributed by atoms with Gasteiger partial charge in [0.1, 0.15) is 11.6 Å². The number of piperidine rings is 2. The van der Waals surface area contributed by atoms with Crippen molar-refractivity contribution < 1.29 is 22.0 Å². The highest BCUT2D eigenvalue weighted by Crippen LogP contribution is 2.29. The van der Waals surface area contributed by atoms with Crippen molar-refractivity contribution in [1.82, 2.24) is 10.2 Å². The maximum Gasteiger partial charge on any atom is 0.226 e. The molecule has 1 amide bonds. The highest BCUT2D eigenvalue weighted by molar-refractivity contribution is 7.90. The van der Waals surface area contributed by atoms with Crippen LogP contribution in [0.5, 0.6) is 0 Å². The first kappa shape index (κ1) is 19.2. The Hall–Kier alpha value is -1.54. The summed E-state index contributed by atoms with van der Waals surface area (Å²) in [5.74, 6) is -2.32. The van der Waals surface area contributed by atoms with E-state index in [-0.39, 0.29) is 28.8 Å². The normalized spacial score (nSPS) is 22.7. The molecule has 26 heavy (non-hydrogen) atoms. The van der Waals surface area contributed by atoms with E-state index >= 15 is 0 Å². The lowest BCUT2D eigenvalue weighted by Crippen LogP contribution is -2.51. The third kappa shape index (κ3) is 4.06. The minimum Gasteiger partial charge on any atom is -0.339 e. The van der Waals surface area contributed by atoms with Crippen molar-refractivity contribution >= 4 is 15.7 Å². The summed E-state index contributed by atoms with van der Waals surface area (Å²) in [5.41, 5.74) is -0.206. The van der Waals surface area contributed by atoms with Gasteiger partial charge in [0, 0.05) is 30.3 Å². The van der Waals surface area contributed by atoms with Crippen LogP contribution in [0.25, 0.3) is 0 Å². The monoisotopic (exact) mass is 386 g/mol. The third-order valence-corrected chi connectivity index (χ3v) is 6.42. The zero-order valence-electron chi connectivity index (χ0n) is 14.8. The van der Waals surface area contributed by atoms with Crippen LogP contribution in [0.3, 0.4) is 0 Å². The SMILES string of the molecule is CS(=O)(=O)c1cc(F)c(C[C@H]2CCCN(C3CCNCC3)C2=O)c(F)c1. The highest BCUT2D eigenvalue weighted by atomic mass is 32.2. The molecule has 2 saturated heterocycles. The molecule has 5 nitrogen and oxygen atoms in total. The molecular formula is C18H24F2N2O3S. The Labute approximate surface area is 152 Å². The van der Waals surface area contributed by atoms with E-state index in [0.29, 0.717) is 13.0 Å². The predicted octanol–water partition coefficient (Wildman–Crippen LogP) is 1.90. The van der Waals surface area contributed by atoms with Crippen molar-refractivity contribution in [2.24, 2.45) is 5.92 Å². The predicted molar refractivity (Wildman–Crippen MR) is 93.5 cm³/mol. The fraction of sp³-hybridized carbons (Fsp3) is 0.611. The molecule has 8 heteroatoms. The van der Waals surface area contributed by atoms with Crippen LogP contribution in [0.1, 0.15) is 31.2 Å².